The van der Waals surface area contributed by atoms with E-state index in [2.05, 4.69) is 15.1 Å². The Morgan fingerprint density at radius 2 is 1.81 bits per heavy atom. The molecule has 140 valence electrons. The Labute approximate surface area is 156 Å². The number of nitrogens with two attached hydrogens (primary N) is 1. The zero-order valence-corrected chi connectivity index (χ0v) is 15.6. The van der Waals surface area contributed by atoms with Gasteiger partial charge in [-0.15, -0.1) is 0 Å². The summed E-state index contributed by atoms with van der Waals surface area (Å²) < 4.78 is 12.1. The summed E-state index contributed by atoms with van der Waals surface area (Å²) in [7, 11) is 3.14. The molecule has 1 aromatic carbocycles. The Hall–Kier alpha value is -3.42. The maximum atomic E-state index is 12.0. The maximum absolute atomic E-state index is 12.0. The molecule has 2 heterocycles. The van der Waals surface area contributed by atoms with E-state index in [4.69, 9.17) is 15.2 Å². The van der Waals surface area contributed by atoms with Crippen LogP contribution in [0.2, 0.25) is 0 Å². The first kappa shape index (κ1) is 18.4. The molecule has 0 aliphatic carbocycles. The molecule has 0 unspecified atom stereocenters. The van der Waals surface area contributed by atoms with Crippen molar-refractivity contribution in [2.24, 2.45) is 0 Å². The van der Waals surface area contributed by atoms with E-state index in [1.807, 2.05) is 26.0 Å². The molecule has 0 radical (unpaired) electrons. The van der Waals surface area contributed by atoms with Gasteiger partial charge in [0.2, 0.25) is 5.95 Å². The van der Waals surface area contributed by atoms with Gasteiger partial charge < -0.3 is 15.2 Å². The summed E-state index contributed by atoms with van der Waals surface area (Å²) in [5.74, 6) is 1.32. The maximum Gasteiger partial charge on any atom is 0.267 e. The molecular weight excluding hydrogens is 346 g/mol. The van der Waals surface area contributed by atoms with Crippen molar-refractivity contribution in [1.82, 2.24) is 19.7 Å². The molecule has 27 heavy (non-hydrogen) atoms. The molecule has 0 aliphatic heterocycles. The lowest BCUT2D eigenvalue weighted by molar-refractivity contribution is 0.355. The van der Waals surface area contributed by atoms with Crippen molar-refractivity contribution in [3.8, 4) is 34.0 Å². The zero-order valence-electron chi connectivity index (χ0n) is 15.6. The molecule has 3 aromatic rings. The number of benzene rings is 1. The molecule has 0 saturated heterocycles. The monoisotopic (exact) mass is 367 g/mol. The van der Waals surface area contributed by atoms with Crippen LogP contribution in [-0.4, -0.2) is 34.0 Å². The molecular formula is C19H21N5O3. The molecule has 0 spiro atoms. The average Bonchev–Trinajstić information content (AvgIpc) is 2.67. The van der Waals surface area contributed by atoms with Crippen molar-refractivity contribution < 1.29 is 9.47 Å². The van der Waals surface area contributed by atoms with Crippen LogP contribution in [0.3, 0.4) is 0 Å². The average molecular weight is 367 g/mol. The fourth-order valence-electron chi connectivity index (χ4n) is 2.73. The third kappa shape index (κ3) is 3.59. The number of anilines is 1. The van der Waals surface area contributed by atoms with Crippen molar-refractivity contribution in [3.63, 3.8) is 0 Å². The highest BCUT2D eigenvalue weighted by molar-refractivity contribution is 5.80. The highest BCUT2D eigenvalue weighted by Crippen LogP contribution is 2.35. The second-order valence-electron chi connectivity index (χ2n) is 6.16. The number of hydrogen-bond donors (Lipinski definition) is 1. The number of hydrogen-bond acceptors (Lipinski definition) is 7. The van der Waals surface area contributed by atoms with E-state index in [1.165, 1.54) is 10.7 Å². The number of ether oxygens (including phenoxy) is 2. The lowest BCUT2D eigenvalue weighted by Crippen LogP contribution is -2.24. The van der Waals surface area contributed by atoms with E-state index < -0.39 is 0 Å². The number of methoxy groups -OCH3 is 2. The minimum atomic E-state index is -0.169. The summed E-state index contributed by atoms with van der Waals surface area (Å²) in [6, 6.07) is 8.51. The minimum Gasteiger partial charge on any atom is -0.493 e. The van der Waals surface area contributed by atoms with Crippen molar-refractivity contribution in [1.29, 1.82) is 0 Å². The van der Waals surface area contributed by atoms with Crippen LogP contribution < -0.4 is 20.8 Å². The molecule has 0 atom stereocenters. The molecule has 0 amide bonds. The molecule has 2 N–H and O–H groups in total. The quantitative estimate of drug-likeness (QED) is 0.739. The van der Waals surface area contributed by atoms with Crippen LogP contribution >= 0.6 is 0 Å². The summed E-state index contributed by atoms with van der Waals surface area (Å²) >= 11 is 0. The van der Waals surface area contributed by atoms with Gasteiger partial charge in [0.15, 0.2) is 11.5 Å². The van der Waals surface area contributed by atoms with Gasteiger partial charge in [0.1, 0.15) is 0 Å². The molecule has 0 fully saturated rings. The molecule has 3 rings (SSSR count). The predicted octanol–water partition coefficient (Wildman–Crippen LogP) is 2.55. The third-order valence-electron chi connectivity index (χ3n) is 4.05. The fourth-order valence-corrected chi connectivity index (χ4v) is 2.73. The number of rotatable bonds is 5. The van der Waals surface area contributed by atoms with Crippen LogP contribution in [0.1, 0.15) is 19.9 Å². The van der Waals surface area contributed by atoms with Crippen molar-refractivity contribution in [2.45, 2.75) is 19.9 Å². The second kappa shape index (κ2) is 7.45. The van der Waals surface area contributed by atoms with E-state index in [1.54, 1.807) is 32.5 Å². The van der Waals surface area contributed by atoms with Crippen LogP contribution in [0.4, 0.5) is 5.95 Å². The van der Waals surface area contributed by atoms with Gasteiger partial charge in [0.25, 0.3) is 5.56 Å². The molecule has 0 saturated carbocycles. The summed E-state index contributed by atoms with van der Waals surface area (Å²) in [6.45, 7) is 3.79. The standard InChI is InChI=1S/C19H21N5O3/c1-11(2)24-17(25)8-6-14(23-24)13-10-21-19(20)22-18(13)12-5-7-15(26-3)16(9-12)27-4/h5-11H,1-4H3,(H2,20,21,22). The number of nitrogen functional groups attached to an aromatic ring is 1. The molecule has 8 heteroatoms. The Morgan fingerprint density at radius 1 is 1.07 bits per heavy atom. The van der Waals surface area contributed by atoms with Gasteiger partial charge in [-0.25, -0.2) is 14.6 Å². The summed E-state index contributed by atoms with van der Waals surface area (Å²) in [5, 5.41) is 4.46. The molecule has 0 bridgehead atoms. The minimum absolute atomic E-state index is 0.0725. The predicted molar refractivity (Wildman–Crippen MR) is 103 cm³/mol. The summed E-state index contributed by atoms with van der Waals surface area (Å²) in [6.07, 6.45) is 1.60. The Kier molecular flexibility index (Phi) is 5.07. The van der Waals surface area contributed by atoms with Crippen LogP contribution in [0.5, 0.6) is 11.5 Å². The Morgan fingerprint density at radius 3 is 2.48 bits per heavy atom. The highest BCUT2D eigenvalue weighted by atomic mass is 16.5. The van der Waals surface area contributed by atoms with E-state index in [-0.39, 0.29) is 17.5 Å². The van der Waals surface area contributed by atoms with Crippen LogP contribution in [0.25, 0.3) is 22.5 Å². The van der Waals surface area contributed by atoms with Crippen molar-refractivity contribution >= 4 is 5.95 Å². The Bertz CT molecular complexity index is 1030. The van der Waals surface area contributed by atoms with Gasteiger partial charge in [-0.3, -0.25) is 4.79 Å². The summed E-state index contributed by atoms with van der Waals surface area (Å²) in [5.41, 5.74) is 8.24. The van der Waals surface area contributed by atoms with Crippen LogP contribution in [-0.2, 0) is 0 Å². The van der Waals surface area contributed by atoms with Crippen molar-refractivity contribution in [3.05, 3.63) is 46.9 Å². The van der Waals surface area contributed by atoms with Crippen molar-refractivity contribution in [2.75, 3.05) is 20.0 Å². The molecule has 8 nitrogen and oxygen atoms in total. The first-order valence-corrected chi connectivity index (χ1v) is 8.39. The van der Waals surface area contributed by atoms with Crippen LogP contribution in [0.15, 0.2) is 41.3 Å². The smallest absolute Gasteiger partial charge is 0.267 e. The van der Waals surface area contributed by atoms with E-state index >= 15 is 0 Å². The Balaban J connectivity index is 2.21. The first-order chi connectivity index (χ1) is 12.9. The van der Waals surface area contributed by atoms with Gasteiger partial charge >= 0.3 is 0 Å². The van der Waals surface area contributed by atoms with E-state index in [0.717, 1.165) is 5.56 Å². The topological polar surface area (TPSA) is 105 Å². The fraction of sp³-hybridized carbons (Fsp3) is 0.263. The highest BCUT2D eigenvalue weighted by Gasteiger charge is 2.16. The number of nitrogens with zero attached hydrogens (tertiary/aromatic N) is 4. The van der Waals surface area contributed by atoms with Gasteiger partial charge in [-0.2, -0.15) is 5.10 Å². The van der Waals surface area contributed by atoms with Gasteiger partial charge in [-0.1, -0.05) is 0 Å². The lowest BCUT2D eigenvalue weighted by atomic mass is 10.0. The van der Waals surface area contributed by atoms with Gasteiger partial charge in [0, 0.05) is 23.4 Å². The lowest BCUT2D eigenvalue weighted by Gasteiger charge is -2.14. The molecule has 0 aliphatic rings. The van der Waals surface area contributed by atoms with E-state index in [0.29, 0.717) is 28.5 Å². The van der Waals surface area contributed by atoms with Gasteiger partial charge in [-0.05, 0) is 38.1 Å². The largest absolute Gasteiger partial charge is 0.493 e. The first-order valence-electron chi connectivity index (χ1n) is 8.39. The number of aromatic nitrogens is 4. The third-order valence-corrected chi connectivity index (χ3v) is 4.05. The SMILES string of the molecule is COc1ccc(-c2nc(N)ncc2-c2ccc(=O)n(C(C)C)n2)cc1OC. The van der Waals surface area contributed by atoms with Gasteiger partial charge in [0.05, 0.1) is 31.6 Å². The zero-order chi connectivity index (χ0) is 19.6. The molecule has 2 aromatic heterocycles. The van der Waals surface area contributed by atoms with E-state index in [9.17, 15) is 4.79 Å². The summed E-state index contributed by atoms with van der Waals surface area (Å²) in [4.78, 5) is 20.5. The normalized spacial score (nSPS) is 10.9. The second-order valence-corrected chi connectivity index (χ2v) is 6.16. The van der Waals surface area contributed by atoms with Crippen LogP contribution in [0, 0.1) is 0 Å².